The number of fused-ring (bicyclic) bond motifs is 1. The monoisotopic (exact) mass is 575 g/mol. The highest BCUT2D eigenvalue weighted by molar-refractivity contribution is 5.70. The summed E-state index contributed by atoms with van der Waals surface area (Å²) in [5.41, 5.74) is 3.98. The summed E-state index contributed by atoms with van der Waals surface area (Å²) >= 11 is 0. The fraction of sp³-hybridized carbons (Fsp3) is 0.485. The molecular formula is C33H41N3O6. The summed E-state index contributed by atoms with van der Waals surface area (Å²) in [5.74, 6) is 1.27. The first-order chi connectivity index (χ1) is 20.2. The van der Waals surface area contributed by atoms with Crippen LogP contribution in [-0.4, -0.2) is 44.9 Å². The third kappa shape index (κ3) is 6.78. The normalized spacial score (nSPS) is 18.9. The molecule has 9 nitrogen and oxygen atoms in total. The van der Waals surface area contributed by atoms with Crippen molar-refractivity contribution in [2.75, 3.05) is 19.8 Å². The Balaban J connectivity index is 1.28. The zero-order valence-corrected chi connectivity index (χ0v) is 24.8. The van der Waals surface area contributed by atoms with E-state index in [9.17, 15) is 19.5 Å². The summed E-state index contributed by atoms with van der Waals surface area (Å²) in [4.78, 5) is 38.4. The maximum atomic E-state index is 12.3. The van der Waals surface area contributed by atoms with E-state index in [1.807, 2.05) is 13.0 Å². The Hall–Kier alpha value is -3.85. The maximum Gasteiger partial charge on any atom is 0.330 e. The summed E-state index contributed by atoms with van der Waals surface area (Å²) in [6.45, 7) is 7.03. The molecule has 2 heterocycles. The fourth-order valence-electron chi connectivity index (χ4n) is 6.23. The van der Waals surface area contributed by atoms with Crippen LogP contribution in [0, 0.1) is 18.8 Å². The van der Waals surface area contributed by atoms with Crippen molar-refractivity contribution in [2.24, 2.45) is 18.9 Å². The number of carbonyl (C=O) groups is 1. The lowest BCUT2D eigenvalue weighted by molar-refractivity contribution is -0.143. The minimum absolute atomic E-state index is 0.175. The molecule has 2 aliphatic rings. The van der Waals surface area contributed by atoms with Gasteiger partial charge in [0.1, 0.15) is 18.1 Å². The van der Waals surface area contributed by atoms with Crippen molar-refractivity contribution in [3.05, 3.63) is 91.8 Å². The minimum Gasteiger partial charge on any atom is -0.493 e. The average molecular weight is 576 g/mol. The number of hydrogen-bond acceptors (Lipinski definition) is 6. The molecule has 1 N–H and O–H groups in total. The molecule has 9 heteroatoms. The second-order valence-corrected chi connectivity index (χ2v) is 11.8. The predicted octanol–water partition coefficient (Wildman–Crippen LogP) is 4.32. The quantitative estimate of drug-likeness (QED) is 0.363. The third-order valence-electron chi connectivity index (χ3n) is 8.87. The molecule has 1 aliphatic carbocycles. The van der Waals surface area contributed by atoms with Crippen LogP contribution in [0.25, 0.3) is 0 Å². The zero-order chi connectivity index (χ0) is 29.8. The van der Waals surface area contributed by atoms with Gasteiger partial charge in [-0.3, -0.25) is 19.1 Å². The number of carboxylic acid groups (broad SMARTS) is 1. The van der Waals surface area contributed by atoms with Crippen molar-refractivity contribution >= 4 is 5.97 Å². The predicted molar refractivity (Wildman–Crippen MR) is 160 cm³/mol. The number of aromatic nitrogens is 2. The number of aryl methyl sites for hydroxylation is 2. The maximum absolute atomic E-state index is 12.3. The van der Waals surface area contributed by atoms with Gasteiger partial charge in [-0.1, -0.05) is 24.3 Å². The standard InChI is InChI=1S/C33H41N3O6/c1-22-18-25(6-10-29(22)42-17-15-36-31(37)12-14-34(3)33(36)40)21-35(20-24-4-7-26(8-5-24)32(38)39)23(2)27-9-11-30-28(19-27)13-16-41-30/h6,9-12,14,18-19,23-24,26H,4-5,7-8,13,15-17,20-21H2,1-3H3,(H,38,39)/t23?,24-,26-. The van der Waals surface area contributed by atoms with Crippen LogP contribution >= 0.6 is 0 Å². The van der Waals surface area contributed by atoms with Crippen LogP contribution in [-0.2, 0) is 31.4 Å². The Bertz CT molecular complexity index is 1540. The molecule has 0 spiro atoms. The molecule has 3 aromatic rings. The SMILES string of the molecule is Cc1cc(CN(C[C@H]2CC[C@H](C(=O)O)CC2)C(C)c2ccc3c(c2)CCO3)ccc1OCCn1c(=O)ccn(C)c1=O. The Kier molecular flexibility index (Phi) is 9.16. The van der Waals surface area contributed by atoms with E-state index in [1.165, 1.54) is 38.1 Å². The lowest BCUT2D eigenvalue weighted by Gasteiger charge is -2.35. The van der Waals surface area contributed by atoms with Gasteiger partial charge in [0.2, 0.25) is 0 Å². The van der Waals surface area contributed by atoms with E-state index in [0.29, 0.717) is 5.92 Å². The number of rotatable bonds is 11. The summed E-state index contributed by atoms with van der Waals surface area (Å²) in [6.07, 6.45) is 5.74. The number of ether oxygens (including phenoxy) is 2. The number of aliphatic carboxylic acids is 1. The van der Waals surface area contributed by atoms with Gasteiger partial charge in [0.05, 0.1) is 19.1 Å². The first-order valence-corrected chi connectivity index (χ1v) is 14.9. The van der Waals surface area contributed by atoms with E-state index < -0.39 is 5.97 Å². The van der Waals surface area contributed by atoms with Gasteiger partial charge in [0.15, 0.2) is 0 Å². The van der Waals surface area contributed by atoms with Gasteiger partial charge in [0.25, 0.3) is 5.56 Å². The van der Waals surface area contributed by atoms with Crippen LogP contribution in [0.15, 0.2) is 58.3 Å². The first kappa shape index (κ1) is 29.6. The topological polar surface area (TPSA) is 103 Å². The molecule has 0 amide bonds. The molecule has 1 fully saturated rings. The van der Waals surface area contributed by atoms with Gasteiger partial charge in [-0.15, -0.1) is 0 Å². The van der Waals surface area contributed by atoms with E-state index >= 15 is 0 Å². The molecule has 0 bridgehead atoms. The Morgan fingerprint density at radius 2 is 1.90 bits per heavy atom. The van der Waals surface area contributed by atoms with E-state index in [4.69, 9.17) is 9.47 Å². The molecule has 0 saturated heterocycles. The Morgan fingerprint density at radius 3 is 2.64 bits per heavy atom. The highest BCUT2D eigenvalue weighted by Crippen LogP contribution is 2.35. The van der Waals surface area contributed by atoms with Gasteiger partial charge < -0.3 is 19.1 Å². The van der Waals surface area contributed by atoms with Gasteiger partial charge in [-0.2, -0.15) is 0 Å². The number of benzene rings is 2. The molecule has 0 radical (unpaired) electrons. The lowest BCUT2D eigenvalue weighted by atomic mass is 9.81. The van der Waals surface area contributed by atoms with E-state index in [0.717, 1.165) is 68.9 Å². The minimum atomic E-state index is -0.671. The van der Waals surface area contributed by atoms with Gasteiger partial charge in [-0.05, 0) is 79.8 Å². The van der Waals surface area contributed by atoms with Gasteiger partial charge in [0, 0.05) is 44.9 Å². The van der Waals surface area contributed by atoms with Crippen molar-refractivity contribution < 1.29 is 19.4 Å². The van der Waals surface area contributed by atoms with Crippen molar-refractivity contribution in [1.29, 1.82) is 0 Å². The van der Waals surface area contributed by atoms with Gasteiger partial charge in [-0.25, -0.2) is 4.79 Å². The van der Waals surface area contributed by atoms with Crippen molar-refractivity contribution in [3.63, 3.8) is 0 Å². The lowest BCUT2D eigenvalue weighted by Crippen LogP contribution is -2.39. The third-order valence-corrected chi connectivity index (χ3v) is 8.87. The van der Waals surface area contributed by atoms with E-state index in [1.54, 1.807) is 7.05 Å². The second kappa shape index (κ2) is 13.0. The van der Waals surface area contributed by atoms with Crippen LogP contribution in [0.5, 0.6) is 11.5 Å². The summed E-state index contributed by atoms with van der Waals surface area (Å²) in [5, 5.41) is 9.45. The molecule has 42 heavy (non-hydrogen) atoms. The van der Waals surface area contributed by atoms with Crippen LogP contribution in [0.1, 0.15) is 60.9 Å². The van der Waals surface area contributed by atoms with E-state index in [2.05, 4.69) is 42.2 Å². The van der Waals surface area contributed by atoms with Crippen molar-refractivity contribution in [2.45, 2.75) is 65.1 Å². The van der Waals surface area contributed by atoms with Crippen LogP contribution < -0.4 is 20.7 Å². The summed E-state index contributed by atoms with van der Waals surface area (Å²) in [6, 6.07) is 14.3. The largest absolute Gasteiger partial charge is 0.493 e. The van der Waals surface area contributed by atoms with Crippen LogP contribution in [0.4, 0.5) is 0 Å². The molecule has 2 aromatic carbocycles. The van der Waals surface area contributed by atoms with Crippen molar-refractivity contribution in [3.8, 4) is 11.5 Å². The smallest absolute Gasteiger partial charge is 0.330 e. The number of hydrogen-bond donors (Lipinski definition) is 1. The highest BCUT2D eigenvalue weighted by Gasteiger charge is 2.29. The van der Waals surface area contributed by atoms with E-state index in [-0.39, 0.29) is 36.4 Å². The molecule has 1 atom stereocenters. The average Bonchev–Trinajstić information content (AvgIpc) is 3.45. The fourth-order valence-corrected chi connectivity index (χ4v) is 6.23. The molecule has 1 saturated carbocycles. The Morgan fingerprint density at radius 1 is 1.12 bits per heavy atom. The van der Waals surface area contributed by atoms with Gasteiger partial charge >= 0.3 is 11.7 Å². The first-order valence-electron chi connectivity index (χ1n) is 14.9. The molecule has 1 aromatic heterocycles. The van der Waals surface area contributed by atoms with Crippen LogP contribution in [0.3, 0.4) is 0 Å². The molecule has 1 aliphatic heterocycles. The molecule has 5 rings (SSSR count). The van der Waals surface area contributed by atoms with Crippen molar-refractivity contribution in [1.82, 2.24) is 14.0 Å². The number of nitrogens with zero attached hydrogens (tertiary/aromatic N) is 3. The van der Waals surface area contributed by atoms with Crippen LogP contribution in [0.2, 0.25) is 0 Å². The molecule has 224 valence electrons. The number of carboxylic acids is 1. The molecule has 1 unspecified atom stereocenters. The summed E-state index contributed by atoms with van der Waals surface area (Å²) in [7, 11) is 1.62. The second-order valence-electron chi connectivity index (χ2n) is 11.8. The highest BCUT2D eigenvalue weighted by atomic mass is 16.5. The summed E-state index contributed by atoms with van der Waals surface area (Å²) < 4.78 is 14.3. The Labute approximate surface area is 246 Å². The zero-order valence-electron chi connectivity index (χ0n) is 24.8. The molecular weight excluding hydrogens is 534 g/mol.